The average molecular weight is 254 g/mol. The van der Waals surface area contributed by atoms with Crippen LogP contribution in [0.15, 0.2) is 42.6 Å². The molecule has 0 radical (unpaired) electrons. The fraction of sp³-hybridized carbons (Fsp3) is 0.312. The number of hydrogen-bond donors (Lipinski definition) is 1. The van der Waals surface area contributed by atoms with Gasteiger partial charge in [-0.15, -0.1) is 0 Å². The van der Waals surface area contributed by atoms with E-state index in [1.54, 1.807) is 13.1 Å². The summed E-state index contributed by atoms with van der Waals surface area (Å²) in [6.45, 7) is 3.67. The van der Waals surface area contributed by atoms with Crippen molar-refractivity contribution in [2.75, 3.05) is 11.4 Å². The van der Waals surface area contributed by atoms with Gasteiger partial charge in [0.25, 0.3) is 0 Å². The Balaban J connectivity index is 1.81. The molecule has 0 fully saturated rings. The molecule has 1 aliphatic rings. The zero-order valence-corrected chi connectivity index (χ0v) is 11.1. The Bertz CT molecular complexity index is 563. The van der Waals surface area contributed by atoms with Crippen LogP contribution < -0.4 is 4.90 Å². The number of rotatable bonds is 2. The number of fused-ring (bicyclic) bond motifs is 1. The van der Waals surface area contributed by atoms with Gasteiger partial charge in [0, 0.05) is 19.3 Å². The molecule has 1 aromatic carbocycles. The second-order valence-electron chi connectivity index (χ2n) is 5.07. The maximum absolute atomic E-state index is 9.50. The van der Waals surface area contributed by atoms with Crippen molar-refractivity contribution in [3.63, 3.8) is 0 Å². The number of aliphatic hydroxyl groups excluding tert-OH is 1. The molecule has 98 valence electrons. The summed E-state index contributed by atoms with van der Waals surface area (Å²) < 4.78 is 0. The van der Waals surface area contributed by atoms with Crippen molar-refractivity contribution in [3.05, 3.63) is 59.3 Å². The first-order valence-electron chi connectivity index (χ1n) is 6.70. The maximum Gasteiger partial charge on any atom is 0.128 e. The number of aromatic nitrogens is 1. The minimum Gasteiger partial charge on any atom is -0.389 e. The predicted molar refractivity (Wildman–Crippen MR) is 76.1 cm³/mol. The van der Waals surface area contributed by atoms with Crippen molar-refractivity contribution < 1.29 is 5.11 Å². The molecular formula is C16H18N2O. The molecule has 0 bridgehead atoms. The zero-order valence-electron chi connectivity index (χ0n) is 11.1. The lowest BCUT2D eigenvalue weighted by atomic mass is 10.00. The van der Waals surface area contributed by atoms with Gasteiger partial charge >= 0.3 is 0 Å². The molecule has 0 amide bonds. The van der Waals surface area contributed by atoms with Crippen LogP contribution in [0.5, 0.6) is 0 Å². The van der Waals surface area contributed by atoms with Gasteiger partial charge in [-0.3, -0.25) is 0 Å². The molecule has 3 heteroatoms. The van der Waals surface area contributed by atoms with Crippen LogP contribution in [-0.4, -0.2) is 16.6 Å². The van der Waals surface area contributed by atoms with E-state index in [1.165, 1.54) is 11.1 Å². The normalized spacial score (nSPS) is 16.0. The van der Waals surface area contributed by atoms with Crippen LogP contribution in [0.4, 0.5) is 5.82 Å². The van der Waals surface area contributed by atoms with Crippen molar-refractivity contribution in [1.29, 1.82) is 0 Å². The van der Waals surface area contributed by atoms with Gasteiger partial charge in [-0.1, -0.05) is 30.3 Å². The zero-order chi connectivity index (χ0) is 13.2. The molecule has 0 saturated heterocycles. The Morgan fingerprint density at radius 3 is 2.63 bits per heavy atom. The lowest BCUT2D eigenvalue weighted by molar-refractivity contribution is 0.199. The van der Waals surface area contributed by atoms with E-state index < -0.39 is 6.10 Å². The smallest absolute Gasteiger partial charge is 0.128 e. The molecule has 0 aliphatic carbocycles. The van der Waals surface area contributed by atoms with Crippen LogP contribution >= 0.6 is 0 Å². The van der Waals surface area contributed by atoms with Gasteiger partial charge in [-0.05, 0) is 36.1 Å². The second-order valence-corrected chi connectivity index (χ2v) is 5.07. The van der Waals surface area contributed by atoms with Crippen molar-refractivity contribution in [1.82, 2.24) is 4.98 Å². The Hall–Kier alpha value is -1.87. The van der Waals surface area contributed by atoms with E-state index in [-0.39, 0.29) is 0 Å². The van der Waals surface area contributed by atoms with Gasteiger partial charge < -0.3 is 10.0 Å². The van der Waals surface area contributed by atoms with Crippen molar-refractivity contribution in [3.8, 4) is 0 Å². The Morgan fingerprint density at radius 1 is 1.16 bits per heavy atom. The Labute approximate surface area is 113 Å². The van der Waals surface area contributed by atoms with E-state index in [1.807, 2.05) is 12.1 Å². The van der Waals surface area contributed by atoms with Crippen LogP contribution in [-0.2, 0) is 13.0 Å². The number of hydrogen-bond acceptors (Lipinski definition) is 3. The second kappa shape index (κ2) is 5.02. The molecule has 2 aromatic rings. The first kappa shape index (κ1) is 12.2. The summed E-state index contributed by atoms with van der Waals surface area (Å²) in [5.41, 5.74) is 3.69. The number of nitrogens with zero attached hydrogens (tertiary/aromatic N) is 2. The first-order valence-corrected chi connectivity index (χ1v) is 6.70. The molecule has 1 atom stereocenters. The number of pyridine rings is 1. The highest BCUT2D eigenvalue weighted by atomic mass is 16.3. The molecule has 1 aliphatic heterocycles. The minimum absolute atomic E-state index is 0.455. The molecule has 19 heavy (non-hydrogen) atoms. The molecule has 2 heterocycles. The number of aliphatic hydroxyl groups is 1. The first-order chi connectivity index (χ1) is 9.24. The van der Waals surface area contributed by atoms with Gasteiger partial charge in [0.15, 0.2) is 0 Å². The topological polar surface area (TPSA) is 36.4 Å². The Kier molecular flexibility index (Phi) is 3.22. The predicted octanol–water partition coefficient (Wildman–Crippen LogP) is 2.70. The summed E-state index contributed by atoms with van der Waals surface area (Å²) in [6, 6.07) is 12.5. The van der Waals surface area contributed by atoms with Crippen molar-refractivity contribution >= 4 is 5.82 Å². The van der Waals surface area contributed by atoms with Crippen LogP contribution in [0.2, 0.25) is 0 Å². The lowest BCUT2D eigenvalue weighted by Gasteiger charge is -2.29. The summed E-state index contributed by atoms with van der Waals surface area (Å²) >= 11 is 0. The molecular weight excluding hydrogens is 236 g/mol. The van der Waals surface area contributed by atoms with Gasteiger partial charge in [0.1, 0.15) is 5.82 Å². The van der Waals surface area contributed by atoms with E-state index in [9.17, 15) is 5.11 Å². The van der Waals surface area contributed by atoms with Crippen LogP contribution in [0.25, 0.3) is 0 Å². The van der Waals surface area contributed by atoms with Gasteiger partial charge in [0.05, 0.1) is 6.10 Å². The molecule has 3 rings (SSSR count). The minimum atomic E-state index is -0.455. The molecule has 1 aromatic heterocycles. The summed E-state index contributed by atoms with van der Waals surface area (Å²) in [4.78, 5) is 6.75. The summed E-state index contributed by atoms with van der Waals surface area (Å²) in [5.74, 6) is 0.985. The lowest BCUT2D eigenvalue weighted by Crippen LogP contribution is -2.30. The number of anilines is 1. The summed E-state index contributed by atoms with van der Waals surface area (Å²) in [7, 11) is 0. The molecule has 0 saturated carbocycles. The summed E-state index contributed by atoms with van der Waals surface area (Å²) in [6.07, 6.45) is 2.37. The molecule has 0 unspecified atom stereocenters. The molecule has 0 spiro atoms. The highest BCUT2D eigenvalue weighted by Gasteiger charge is 2.16. The van der Waals surface area contributed by atoms with E-state index in [2.05, 4.69) is 34.1 Å². The SMILES string of the molecule is C[C@H](O)c1ccc(N2CCc3ccccc3C2)nc1. The van der Waals surface area contributed by atoms with Gasteiger partial charge in [-0.25, -0.2) is 4.98 Å². The summed E-state index contributed by atoms with van der Waals surface area (Å²) in [5, 5.41) is 9.50. The van der Waals surface area contributed by atoms with E-state index in [0.29, 0.717) is 0 Å². The van der Waals surface area contributed by atoms with Crippen LogP contribution in [0, 0.1) is 0 Å². The fourth-order valence-corrected chi connectivity index (χ4v) is 2.52. The number of benzene rings is 1. The molecule has 3 nitrogen and oxygen atoms in total. The van der Waals surface area contributed by atoms with Crippen molar-refractivity contribution in [2.24, 2.45) is 0 Å². The maximum atomic E-state index is 9.50. The quantitative estimate of drug-likeness (QED) is 0.895. The van der Waals surface area contributed by atoms with E-state index in [0.717, 1.165) is 30.9 Å². The monoisotopic (exact) mass is 254 g/mol. The largest absolute Gasteiger partial charge is 0.389 e. The third kappa shape index (κ3) is 2.47. The van der Waals surface area contributed by atoms with E-state index >= 15 is 0 Å². The third-order valence-corrected chi connectivity index (χ3v) is 3.71. The highest BCUT2D eigenvalue weighted by molar-refractivity contribution is 5.44. The van der Waals surface area contributed by atoms with Gasteiger partial charge in [0.2, 0.25) is 0 Å². The van der Waals surface area contributed by atoms with E-state index in [4.69, 9.17) is 0 Å². The van der Waals surface area contributed by atoms with Crippen LogP contribution in [0.1, 0.15) is 29.7 Å². The van der Waals surface area contributed by atoms with Crippen molar-refractivity contribution in [2.45, 2.75) is 26.0 Å². The molecule has 1 N–H and O–H groups in total. The average Bonchev–Trinajstić information content (AvgIpc) is 2.47. The highest BCUT2D eigenvalue weighted by Crippen LogP contribution is 2.23. The van der Waals surface area contributed by atoms with Gasteiger partial charge in [-0.2, -0.15) is 0 Å². The third-order valence-electron chi connectivity index (χ3n) is 3.71. The van der Waals surface area contributed by atoms with Crippen LogP contribution in [0.3, 0.4) is 0 Å². The fourth-order valence-electron chi connectivity index (χ4n) is 2.52. The Morgan fingerprint density at radius 2 is 1.95 bits per heavy atom. The standard InChI is InChI=1S/C16H18N2O/c1-12(19)14-6-7-16(17-10-14)18-9-8-13-4-2-3-5-15(13)11-18/h2-7,10,12,19H,8-9,11H2,1H3/t12-/m0/s1.